The van der Waals surface area contributed by atoms with Gasteiger partial charge in [0.15, 0.2) is 11.5 Å². The lowest BCUT2D eigenvalue weighted by molar-refractivity contribution is 0.0728. The minimum Gasteiger partial charge on any atom is -0.454 e. The third-order valence-corrected chi connectivity index (χ3v) is 8.42. The number of hydrogen-bond donors (Lipinski definition) is 2. The second kappa shape index (κ2) is 12.6. The summed E-state index contributed by atoms with van der Waals surface area (Å²) in [4.78, 5) is 28.4. The number of ether oxygens (including phenoxy) is 2. The predicted molar refractivity (Wildman–Crippen MR) is 173 cm³/mol. The summed E-state index contributed by atoms with van der Waals surface area (Å²) in [5.74, 6) is 1.43. The molecule has 1 atom stereocenters. The van der Waals surface area contributed by atoms with Gasteiger partial charge in [-0.15, -0.1) is 0 Å². The zero-order valence-corrected chi connectivity index (χ0v) is 24.7. The van der Waals surface area contributed by atoms with Gasteiger partial charge in [-0.2, -0.15) is 0 Å². The molecule has 0 unspecified atom stereocenters. The summed E-state index contributed by atoms with van der Waals surface area (Å²) >= 11 is 0. The van der Waals surface area contributed by atoms with E-state index < -0.39 is 0 Å². The molecule has 2 amide bonds. The Balaban J connectivity index is 1.02. The maximum Gasteiger partial charge on any atom is 0.256 e. The number of rotatable bonds is 10. The van der Waals surface area contributed by atoms with E-state index in [1.807, 2.05) is 83.8 Å². The second-order valence-corrected chi connectivity index (χ2v) is 11.3. The molecule has 5 aromatic carbocycles. The first-order valence-corrected chi connectivity index (χ1v) is 15.2. The summed E-state index contributed by atoms with van der Waals surface area (Å²) in [6, 6.07) is 41.6. The van der Waals surface area contributed by atoms with Crippen LogP contribution in [0.15, 0.2) is 127 Å². The average Bonchev–Trinajstić information content (AvgIpc) is 3.66. The summed E-state index contributed by atoms with van der Waals surface area (Å²) in [5.41, 5.74) is 6.39. The van der Waals surface area contributed by atoms with Crippen LogP contribution in [0.4, 0.5) is 5.69 Å². The predicted octanol–water partition coefficient (Wildman–Crippen LogP) is 7.13. The molecule has 7 rings (SSSR count). The Kier molecular flexibility index (Phi) is 7.89. The Labute approximate surface area is 262 Å². The van der Waals surface area contributed by atoms with Crippen LogP contribution >= 0.6 is 0 Å². The molecule has 2 aliphatic rings. The normalized spacial score (nSPS) is 14.8. The number of amides is 2. The number of benzene rings is 5. The molecule has 45 heavy (non-hydrogen) atoms. The van der Waals surface area contributed by atoms with Crippen LogP contribution in [-0.4, -0.2) is 30.1 Å². The van der Waals surface area contributed by atoms with Crippen LogP contribution in [0.5, 0.6) is 11.5 Å². The molecule has 0 aromatic heterocycles. The molecular formula is C38H33N3O4. The number of anilines is 1. The van der Waals surface area contributed by atoms with Crippen LogP contribution in [0, 0.1) is 0 Å². The van der Waals surface area contributed by atoms with Gasteiger partial charge < -0.3 is 25.0 Å². The third kappa shape index (κ3) is 5.97. The smallest absolute Gasteiger partial charge is 0.256 e. The van der Waals surface area contributed by atoms with E-state index >= 15 is 0 Å². The van der Waals surface area contributed by atoms with E-state index in [9.17, 15) is 9.59 Å². The molecular weight excluding hydrogens is 562 g/mol. The van der Waals surface area contributed by atoms with E-state index in [-0.39, 0.29) is 30.7 Å². The molecule has 7 nitrogen and oxygen atoms in total. The fraction of sp³-hybridized carbons (Fsp3) is 0.158. The molecule has 0 saturated carbocycles. The quantitative estimate of drug-likeness (QED) is 0.180. The highest BCUT2D eigenvalue weighted by Gasteiger charge is 2.36. The summed E-state index contributed by atoms with van der Waals surface area (Å²) in [6.45, 7) is 1.14. The molecule has 0 saturated heterocycles. The summed E-state index contributed by atoms with van der Waals surface area (Å²) < 4.78 is 11.0. The molecule has 7 heteroatoms. The van der Waals surface area contributed by atoms with E-state index in [2.05, 4.69) is 59.2 Å². The Morgan fingerprint density at radius 3 is 2.18 bits per heavy atom. The summed E-state index contributed by atoms with van der Waals surface area (Å²) in [5, 5.41) is 6.63. The van der Waals surface area contributed by atoms with Crippen LogP contribution in [-0.2, 0) is 6.54 Å². The number of nitrogens with one attached hydrogen (secondary N) is 2. The molecule has 2 aliphatic heterocycles. The van der Waals surface area contributed by atoms with Gasteiger partial charge >= 0.3 is 0 Å². The van der Waals surface area contributed by atoms with Crippen molar-refractivity contribution in [2.24, 2.45) is 0 Å². The molecule has 0 radical (unpaired) electrons. The van der Waals surface area contributed by atoms with Crippen molar-refractivity contribution in [2.75, 3.05) is 18.7 Å². The standard InChI is InChI=1S/C38H33N3O4/c42-37(39-22-21-31(27-9-3-1-4-10-27)28-11-5-2-6-12-28)29-16-18-30(19-17-29)40-36-32-13-7-8-14-33(32)38(43)41(36)24-26-15-20-34-35(23-26)45-25-44-34/h1-20,23,31,36,40H,21-22,24-25H2,(H,39,42)/t36-/m1/s1. The highest BCUT2D eigenvalue weighted by Crippen LogP contribution is 2.38. The van der Waals surface area contributed by atoms with Crippen LogP contribution in [0.3, 0.4) is 0 Å². The van der Waals surface area contributed by atoms with Gasteiger partial charge in [0.25, 0.3) is 11.8 Å². The molecule has 224 valence electrons. The van der Waals surface area contributed by atoms with Gasteiger partial charge in [0.05, 0.1) is 0 Å². The molecule has 0 aliphatic carbocycles. The van der Waals surface area contributed by atoms with E-state index in [0.717, 1.165) is 23.2 Å². The van der Waals surface area contributed by atoms with Crippen LogP contribution in [0.2, 0.25) is 0 Å². The first-order valence-electron chi connectivity index (χ1n) is 15.2. The van der Waals surface area contributed by atoms with Crippen LogP contribution in [0.25, 0.3) is 0 Å². The average molecular weight is 596 g/mol. The number of fused-ring (bicyclic) bond motifs is 2. The first kappa shape index (κ1) is 28.2. The van der Waals surface area contributed by atoms with E-state index in [1.54, 1.807) is 0 Å². The summed E-state index contributed by atoms with van der Waals surface area (Å²) in [7, 11) is 0. The number of nitrogens with zero attached hydrogens (tertiary/aromatic N) is 1. The topological polar surface area (TPSA) is 79.9 Å². The van der Waals surface area contributed by atoms with Gasteiger partial charge in [-0.3, -0.25) is 9.59 Å². The summed E-state index contributed by atoms with van der Waals surface area (Å²) in [6.07, 6.45) is 0.417. The number of carbonyl (C=O) groups is 2. The Hall–Kier alpha value is -5.56. The van der Waals surface area contributed by atoms with Crippen LogP contribution in [0.1, 0.15) is 61.5 Å². The fourth-order valence-electron chi connectivity index (χ4n) is 6.13. The maximum atomic E-state index is 13.5. The third-order valence-electron chi connectivity index (χ3n) is 8.42. The van der Waals surface area contributed by atoms with Gasteiger partial charge in [0.2, 0.25) is 6.79 Å². The molecule has 0 fully saturated rings. The lowest BCUT2D eigenvalue weighted by Gasteiger charge is -2.27. The van der Waals surface area contributed by atoms with Crippen molar-refractivity contribution in [1.82, 2.24) is 10.2 Å². The minimum atomic E-state index is -0.369. The number of hydrogen-bond acceptors (Lipinski definition) is 5. The lowest BCUT2D eigenvalue weighted by atomic mass is 9.88. The molecule has 5 aromatic rings. The van der Waals surface area contributed by atoms with Gasteiger partial charge in [-0.25, -0.2) is 0 Å². The van der Waals surface area contributed by atoms with Crippen molar-refractivity contribution in [3.63, 3.8) is 0 Å². The number of carbonyl (C=O) groups excluding carboxylic acids is 2. The molecule has 2 N–H and O–H groups in total. The Morgan fingerprint density at radius 2 is 1.44 bits per heavy atom. The molecule has 0 spiro atoms. The van der Waals surface area contributed by atoms with E-state index in [4.69, 9.17) is 9.47 Å². The second-order valence-electron chi connectivity index (χ2n) is 11.3. The first-order chi connectivity index (χ1) is 22.1. The van der Waals surface area contributed by atoms with Crippen molar-refractivity contribution in [3.05, 3.63) is 161 Å². The van der Waals surface area contributed by atoms with Gasteiger partial charge in [0.1, 0.15) is 6.17 Å². The highest BCUT2D eigenvalue weighted by atomic mass is 16.7. The molecule has 2 heterocycles. The Bertz CT molecular complexity index is 1770. The van der Waals surface area contributed by atoms with E-state index in [0.29, 0.717) is 35.7 Å². The van der Waals surface area contributed by atoms with E-state index in [1.165, 1.54) is 11.1 Å². The lowest BCUT2D eigenvalue weighted by Crippen LogP contribution is -2.32. The molecule has 0 bridgehead atoms. The van der Waals surface area contributed by atoms with Crippen molar-refractivity contribution in [1.29, 1.82) is 0 Å². The monoisotopic (exact) mass is 595 g/mol. The van der Waals surface area contributed by atoms with Crippen molar-refractivity contribution in [3.8, 4) is 11.5 Å². The van der Waals surface area contributed by atoms with Gasteiger partial charge in [-0.1, -0.05) is 84.9 Å². The minimum absolute atomic E-state index is 0.0407. The maximum absolute atomic E-state index is 13.5. The SMILES string of the molecule is O=C(NCCC(c1ccccc1)c1ccccc1)c1ccc(N[C@H]2c3ccccc3C(=O)N2Cc2ccc3c(c2)OCO3)cc1. The fourth-order valence-corrected chi connectivity index (χ4v) is 6.13. The van der Waals surface area contributed by atoms with Crippen molar-refractivity contribution in [2.45, 2.75) is 25.0 Å². The van der Waals surface area contributed by atoms with Gasteiger partial charge in [-0.05, 0) is 65.6 Å². The van der Waals surface area contributed by atoms with Crippen molar-refractivity contribution < 1.29 is 19.1 Å². The van der Waals surface area contributed by atoms with Crippen molar-refractivity contribution >= 4 is 17.5 Å². The largest absolute Gasteiger partial charge is 0.454 e. The Morgan fingerprint density at radius 1 is 0.778 bits per heavy atom. The van der Waals surface area contributed by atoms with Gasteiger partial charge in [0, 0.05) is 41.4 Å². The zero-order chi connectivity index (χ0) is 30.6. The highest BCUT2D eigenvalue weighted by molar-refractivity contribution is 5.99. The zero-order valence-electron chi connectivity index (χ0n) is 24.7. The van der Waals surface area contributed by atoms with Crippen LogP contribution < -0.4 is 20.1 Å².